The van der Waals surface area contributed by atoms with Gasteiger partial charge in [0.1, 0.15) is 0 Å². The number of thioether (sulfide) groups is 1. The van der Waals surface area contributed by atoms with E-state index < -0.39 is 0 Å². The van der Waals surface area contributed by atoms with E-state index in [1.54, 1.807) is 18.9 Å². The number of nitrogens with two attached hydrogens (primary N) is 1. The molecule has 0 aliphatic rings. The van der Waals surface area contributed by atoms with Crippen molar-refractivity contribution >= 4 is 17.4 Å². The quantitative estimate of drug-likeness (QED) is 0.452. The molecule has 0 bridgehead atoms. The number of aryl methyl sites for hydroxylation is 1. The monoisotopic (exact) mass is 241 g/mol. The van der Waals surface area contributed by atoms with Crippen molar-refractivity contribution in [2.75, 3.05) is 38.4 Å². The average molecular weight is 241 g/mol. The van der Waals surface area contributed by atoms with Crippen LogP contribution in [0.1, 0.15) is 5.56 Å². The first-order valence-electron chi connectivity index (χ1n) is 5.29. The topological polar surface area (TPSA) is 44.5 Å². The Hall–Kier alpha value is -0.710. The van der Waals surface area contributed by atoms with Gasteiger partial charge in [-0.1, -0.05) is 0 Å². The molecule has 0 unspecified atom stereocenters. The molecule has 1 aromatic rings. The average Bonchev–Trinajstić information content (AvgIpc) is 2.26. The van der Waals surface area contributed by atoms with Gasteiger partial charge in [0.2, 0.25) is 0 Å². The number of anilines is 1. The first-order chi connectivity index (χ1) is 7.74. The van der Waals surface area contributed by atoms with Crippen molar-refractivity contribution in [2.24, 2.45) is 0 Å². The fraction of sp³-hybridized carbons (Fsp3) is 0.500. The second kappa shape index (κ2) is 7.54. The normalized spacial score (nSPS) is 10.6. The molecule has 4 heteroatoms. The summed E-state index contributed by atoms with van der Waals surface area (Å²) in [4.78, 5) is 1.27. The second-order valence-electron chi connectivity index (χ2n) is 3.48. The SMILES string of the molecule is COCCOCCSc1ccc(N)cc1C. The van der Waals surface area contributed by atoms with Gasteiger partial charge in [-0.05, 0) is 30.7 Å². The lowest BCUT2D eigenvalue weighted by Gasteiger charge is -2.07. The molecule has 90 valence electrons. The van der Waals surface area contributed by atoms with Crippen LogP contribution in [-0.4, -0.2) is 32.7 Å². The zero-order chi connectivity index (χ0) is 11.8. The fourth-order valence-corrected chi connectivity index (χ4v) is 2.16. The first kappa shape index (κ1) is 13.4. The van der Waals surface area contributed by atoms with Gasteiger partial charge in [0.25, 0.3) is 0 Å². The summed E-state index contributed by atoms with van der Waals surface area (Å²) in [5.41, 5.74) is 7.73. The first-order valence-corrected chi connectivity index (χ1v) is 6.28. The van der Waals surface area contributed by atoms with Crippen LogP contribution >= 0.6 is 11.8 Å². The van der Waals surface area contributed by atoms with Crippen molar-refractivity contribution in [3.05, 3.63) is 23.8 Å². The number of nitrogen functional groups attached to an aromatic ring is 1. The van der Waals surface area contributed by atoms with E-state index in [0.29, 0.717) is 13.2 Å². The maximum atomic E-state index is 5.69. The number of rotatable bonds is 7. The lowest BCUT2D eigenvalue weighted by atomic mass is 10.2. The van der Waals surface area contributed by atoms with E-state index >= 15 is 0 Å². The van der Waals surface area contributed by atoms with E-state index in [2.05, 4.69) is 13.0 Å². The molecule has 0 saturated carbocycles. The molecule has 16 heavy (non-hydrogen) atoms. The predicted octanol–water partition coefficient (Wildman–Crippen LogP) is 2.33. The van der Waals surface area contributed by atoms with E-state index in [9.17, 15) is 0 Å². The van der Waals surface area contributed by atoms with Gasteiger partial charge < -0.3 is 15.2 Å². The standard InChI is InChI=1S/C12H19NO2S/c1-10-9-11(13)3-4-12(10)16-8-7-15-6-5-14-2/h3-4,9H,5-8,13H2,1-2H3. The number of ether oxygens (including phenoxy) is 2. The van der Waals surface area contributed by atoms with Gasteiger partial charge >= 0.3 is 0 Å². The third-order valence-electron chi connectivity index (χ3n) is 2.12. The zero-order valence-electron chi connectivity index (χ0n) is 9.86. The Balaban J connectivity index is 2.21. The lowest BCUT2D eigenvalue weighted by Crippen LogP contribution is -2.04. The molecule has 0 saturated heterocycles. The Morgan fingerprint density at radius 3 is 2.75 bits per heavy atom. The third-order valence-corrected chi connectivity index (χ3v) is 3.26. The van der Waals surface area contributed by atoms with Crippen molar-refractivity contribution in [1.29, 1.82) is 0 Å². The molecule has 2 N–H and O–H groups in total. The Morgan fingerprint density at radius 2 is 2.06 bits per heavy atom. The largest absolute Gasteiger partial charge is 0.399 e. The minimum absolute atomic E-state index is 0.658. The lowest BCUT2D eigenvalue weighted by molar-refractivity contribution is 0.0790. The van der Waals surface area contributed by atoms with E-state index in [0.717, 1.165) is 18.0 Å². The van der Waals surface area contributed by atoms with Crippen LogP contribution in [0.4, 0.5) is 5.69 Å². The third kappa shape index (κ3) is 4.88. The van der Waals surface area contributed by atoms with E-state index in [-0.39, 0.29) is 0 Å². The molecule has 0 aliphatic heterocycles. The zero-order valence-corrected chi connectivity index (χ0v) is 10.7. The van der Waals surface area contributed by atoms with E-state index in [1.165, 1.54) is 10.5 Å². The molecule has 1 aromatic carbocycles. The molecule has 0 atom stereocenters. The molecular weight excluding hydrogens is 222 g/mol. The van der Waals surface area contributed by atoms with Gasteiger partial charge in [-0.15, -0.1) is 11.8 Å². The Morgan fingerprint density at radius 1 is 1.25 bits per heavy atom. The second-order valence-corrected chi connectivity index (χ2v) is 4.62. The van der Waals surface area contributed by atoms with Crippen LogP contribution in [0.3, 0.4) is 0 Å². The minimum Gasteiger partial charge on any atom is -0.399 e. The van der Waals surface area contributed by atoms with Crippen molar-refractivity contribution in [2.45, 2.75) is 11.8 Å². The maximum absolute atomic E-state index is 5.69. The fourth-order valence-electron chi connectivity index (χ4n) is 1.29. The Labute approximate surface area is 101 Å². The van der Waals surface area contributed by atoms with Gasteiger partial charge in [0.15, 0.2) is 0 Å². The number of hydrogen-bond acceptors (Lipinski definition) is 4. The summed E-state index contributed by atoms with van der Waals surface area (Å²) in [5, 5.41) is 0. The van der Waals surface area contributed by atoms with Gasteiger partial charge in [-0.3, -0.25) is 0 Å². The van der Waals surface area contributed by atoms with Crippen molar-refractivity contribution < 1.29 is 9.47 Å². The summed E-state index contributed by atoms with van der Waals surface area (Å²) in [6.07, 6.45) is 0. The highest BCUT2D eigenvalue weighted by Gasteiger charge is 1.99. The molecule has 0 spiro atoms. The smallest absolute Gasteiger partial charge is 0.0700 e. The minimum atomic E-state index is 0.658. The van der Waals surface area contributed by atoms with Crippen molar-refractivity contribution in [3.8, 4) is 0 Å². The van der Waals surface area contributed by atoms with E-state index in [1.807, 2.05) is 12.1 Å². The number of methoxy groups -OCH3 is 1. The highest BCUT2D eigenvalue weighted by molar-refractivity contribution is 7.99. The summed E-state index contributed by atoms with van der Waals surface area (Å²) in [6.45, 7) is 4.14. The van der Waals surface area contributed by atoms with Crippen LogP contribution in [0.25, 0.3) is 0 Å². The van der Waals surface area contributed by atoms with Crippen molar-refractivity contribution in [3.63, 3.8) is 0 Å². The van der Waals surface area contributed by atoms with Gasteiger partial charge in [0, 0.05) is 23.4 Å². The molecule has 0 aromatic heterocycles. The van der Waals surface area contributed by atoms with Gasteiger partial charge in [-0.2, -0.15) is 0 Å². The van der Waals surface area contributed by atoms with Gasteiger partial charge in [0.05, 0.1) is 19.8 Å². The number of hydrogen-bond donors (Lipinski definition) is 1. The molecule has 0 heterocycles. The van der Waals surface area contributed by atoms with Crippen LogP contribution < -0.4 is 5.73 Å². The van der Waals surface area contributed by atoms with Crippen LogP contribution in [0.2, 0.25) is 0 Å². The van der Waals surface area contributed by atoms with Gasteiger partial charge in [-0.25, -0.2) is 0 Å². The summed E-state index contributed by atoms with van der Waals surface area (Å²) < 4.78 is 10.3. The van der Waals surface area contributed by atoms with Crippen molar-refractivity contribution in [1.82, 2.24) is 0 Å². The molecule has 0 aliphatic carbocycles. The molecule has 0 radical (unpaired) electrons. The molecular formula is C12H19NO2S. The predicted molar refractivity (Wildman–Crippen MR) is 69.0 cm³/mol. The summed E-state index contributed by atoms with van der Waals surface area (Å²) in [5.74, 6) is 0.953. The summed E-state index contributed by atoms with van der Waals surface area (Å²) in [7, 11) is 1.68. The molecule has 0 amide bonds. The molecule has 3 nitrogen and oxygen atoms in total. The highest BCUT2D eigenvalue weighted by atomic mass is 32.2. The van der Waals surface area contributed by atoms with E-state index in [4.69, 9.17) is 15.2 Å². The Kier molecular flexibility index (Phi) is 6.30. The summed E-state index contributed by atoms with van der Waals surface area (Å²) in [6, 6.07) is 5.99. The maximum Gasteiger partial charge on any atom is 0.0700 e. The van der Waals surface area contributed by atoms with Crippen LogP contribution in [0, 0.1) is 6.92 Å². The van der Waals surface area contributed by atoms with Crippen LogP contribution in [0.5, 0.6) is 0 Å². The highest BCUT2D eigenvalue weighted by Crippen LogP contribution is 2.23. The molecule has 1 rings (SSSR count). The Bertz CT molecular complexity index is 318. The van der Waals surface area contributed by atoms with Crippen LogP contribution in [0.15, 0.2) is 23.1 Å². The molecule has 0 fully saturated rings. The number of benzene rings is 1. The summed E-state index contributed by atoms with van der Waals surface area (Å²) >= 11 is 1.79. The van der Waals surface area contributed by atoms with Crippen LogP contribution in [-0.2, 0) is 9.47 Å².